The van der Waals surface area contributed by atoms with Crippen molar-refractivity contribution in [2.24, 2.45) is 0 Å². The molecule has 13 nitrogen and oxygen atoms in total. The molecule has 53 heavy (non-hydrogen) atoms. The van der Waals surface area contributed by atoms with Crippen LogP contribution in [0.5, 0.6) is 0 Å². The minimum atomic E-state index is -5.12. The molecule has 8 unspecified atom stereocenters. The van der Waals surface area contributed by atoms with E-state index in [9.17, 15) is 38.7 Å². The Morgan fingerprint density at radius 2 is 1.28 bits per heavy atom. The van der Waals surface area contributed by atoms with Gasteiger partial charge in [-0.25, -0.2) is 4.18 Å². The Morgan fingerprint density at radius 3 is 1.85 bits per heavy atom. The van der Waals surface area contributed by atoms with E-state index >= 15 is 0 Å². The molecule has 7 N–H and O–H groups in total. The molecule has 1 rings (SSSR count). The minimum Gasteiger partial charge on any atom is -0.394 e. The SMILES string of the molecule is CCCC/C=C\CCCCCCC(O)C(=O)NC(COC1OC(CO)C(O)C(OS(=O)(=O)O)C1O)C(O)/C=C/CC/C=C/CC/C=C/CCCCCC. The van der Waals surface area contributed by atoms with E-state index in [0.717, 1.165) is 57.8 Å². The Kier molecular flexibility index (Phi) is 28.0. The van der Waals surface area contributed by atoms with Crippen molar-refractivity contribution in [2.75, 3.05) is 13.2 Å². The number of nitrogens with one attached hydrogen (secondary N) is 1. The van der Waals surface area contributed by atoms with Crippen LogP contribution >= 0.6 is 0 Å². The molecule has 1 fully saturated rings. The Balaban J connectivity index is 2.76. The summed E-state index contributed by atoms with van der Waals surface area (Å²) in [6, 6.07) is -1.15. The zero-order valence-electron chi connectivity index (χ0n) is 31.9. The molecule has 1 amide bonds. The molecule has 14 heteroatoms. The van der Waals surface area contributed by atoms with Crippen LogP contribution in [0.3, 0.4) is 0 Å². The van der Waals surface area contributed by atoms with Crippen LogP contribution in [0.15, 0.2) is 48.6 Å². The predicted molar refractivity (Wildman–Crippen MR) is 205 cm³/mol. The van der Waals surface area contributed by atoms with Crippen molar-refractivity contribution in [1.82, 2.24) is 5.32 Å². The van der Waals surface area contributed by atoms with E-state index in [1.54, 1.807) is 6.08 Å². The number of ether oxygens (including phenoxy) is 2. The Morgan fingerprint density at radius 1 is 0.755 bits per heavy atom. The van der Waals surface area contributed by atoms with Crippen molar-refractivity contribution < 1.29 is 57.0 Å². The molecular formula is C39H69NO12S. The van der Waals surface area contributed by atoms with Crippen LogP contribution in [-0.4, -0.2) is 107 Å². The van der Waals surface area contributed by atoms with E-state index in [2.05, 4.69) is 59.8 Å². The molecule has 0 aromatic rings. The van der Waals surface area contributed by atoms with Gasteiger partial charge in [0.15, 0.2) is 6.29 Å². The maximum atomic E-state index is 13.0. The van der Waals surface area contributed by atoms with Gasteiger partial charge in [0.1, 0.15) is 30.5 Å². The molecule has 0 radical (unpaired) electrons. The summed E-state index contributed by atoms with van der Waals surface area (Å²) in [6.07, 6.45) is 22.2. The molecule has 1 aliphatic rings. The number of allylic oxidation sites excluding steroid dienone is 7. The Labute approximate surface area is 318 Å². The summed E-state index contributed by atoms with van der Waals surface area (Å²) in [5.41, 5.74) is 0. The van der Waals surface area contributed by atoms with Crippen molar-refractivity contribution in [3.8, 4) is 0 Å². The number of aliphatic hydroxyl groups is 5. The number of hydrogen-bond donors (Lipinski definition) is 7. The van der Waals surface area contributed by atoms with E-state index < -0.39 is 78.5 Å². The van der Waals surface area contributed by atoms with Crippen molar-refractivity contribution in [3.63, 3.8) is 0 Å². The lowest BCUT2D eigenvalue weighted by molar-refractivity contribution is -0.298. The fraction of sp³-hybridized carbons (Fsp3) is 0.769. The van der Waals surface area contributed by atoms with Crippen LogP contribution in [0.1, 0.15) is 129 Å². The first-order valence-corrected chi connectivity index (χ1v) is 21.0. The first-order chi connectivity index (χ1) is 25.4. The van der Waals surface area contributed by atoms with Gasteiger partial charge in [-0.05, 0) is 64.2 Å². The number of hydrogen-bond acceptors (Lipinski definition) is 11. The van der Waals surface area contributed by atoms with Gasteiger partial charge in [-0.15, -0.1) is 0 Å². The monoisotopic (exact) mass is 775 g/mol. The van der Waals surface area contributed by atoms with Crippen molar-refractivity contribution >= 4 is 16.3 Å². The molecule has 0 saturated carbocycles. The highest BCUT2D eigenvalue weighted by Crippen LogP contribution is 2.26. The molecule has 1 heterocycles. The van der Waals surface area contributed by atoms with Crippen LogP contribution in [0.2, 0.25) is 0 Å². The number of carbonyl (C=O) groups is 1. The smallest absolute Gasteiger partial charge is 0.394 e. The number of aliphatic hydroxyl groups excluding tert-OH is 5. The molecule has 0 aromatic heterocycles. The van der Waals surface area contributed by atoms with Crippen LogP contribution in [0.25, 0.3) is 0 Å². The summed E-state index contributed by atoms with van der Waals surface area (Å²) in [5, 5.41) is 54.8. The molecule has 1 aliphatic heterocycles. The lowest BCUT2D eigenvalue weighted by atomic mass is 9.99. The van der Waals surface area contributed by atoms with Gasteiger partial charge < -0.3 is 40.3 Å². The summed E-state index contributed by atoms with van der Waals surface area (Å²) in [6.45, 7) is 3.07. The Hall–Kier alpha value is -1.98. The molecule has 0 aliphatic carbocycles. The summed E-state index contributed by atoms with van der Waals surface area (Å²) in [7, 11) is -5.12. The normalized spacial score (nSPS) is 23.1. The third-order valence-electron chi connectivity index (χ3n) is 8.92. The van der Waals surface area contributed by atoms with Gasteiger partial charge in [0.25, 0.3) is 0 Å². The zero-order chi connectivity index (χ0) is 39.3. The fourth-order valence-electron chi connectivity index (χ4n) is 5.71. The van der Waals surface area contributed by atoms with Gasteiger partial charge in [-0.3, -0.25) is 9.35 Å². The quantitative estimate of drug-likeness (QED) is 0.0278. The Bertz CT molecular complexity index is 1160. The van der Waals surface area contributed by atoms with Gasteiger partial charge in [0, 0.05) is 0 Å². The number of amides is 1. The number of carbonyl (C=O) groups excluding carboxylic acids is 1. The first-order valence-electron chi connectivity index (χ1n) is 19.6. The van der Waals surface area contributed by atoms with E-state index in [1.165, 1.54) is 44.6 Å². The summed E-state index contributed by atoms with van der Waals surface area (Å²) in [5.74, 6) is -0.732. The summed E-state index contributed by atoms with van der Waals surface area (Å²) >= 11 is 0. The van der Waals surface area contributed by atoms with Crippen LogP contribution in [-0.2, 0) is 28.9 Å². The van der Waals surface area contributed by atoms with Crippen molar-refractivity contribution in [2.45, 2.75) is 178 Å². The third-order valence-corrected chi connectivity index (χ3v) is 9.38. The first kappa shape index (κ1) is 49.0. The topological polar surface area (TPSA) is 212 Å². The van der Waals surface area contributed by atoms with E-state index in [-0.39, 0.29) is 6.42 Å². The number of rotatable bonds is 31. The maximum absolute atomic E-state index is 13.0. The second-order valence-corrected chi connectivity index (χ2v) is 14.7. The minimum absolute atomic E-state index is 0.216. The van der Waals surface area contributed by atoms with Gasteiger partial charge in [0.2, 0.25) is 5.91 Å². The lowest BCUT2D eigenvalue weighted by Gasteiger charge is -2.41. The zero-order valence-corrected chi connectivity index (χ0v) is 32.7. The predicted octanol–water partition coefficient (Wildman–Crippen LogP) is 5.12. The average molecular weight is 776 g/mol. The number of unbranched alkanes of at least 4 members (excludes halogenated alkanes) is 12. The second kappa shape index (κ2) is 30.3. The van der Waals surface area contributed by atoms with E-state index in [0.29, 0.717) is 12.8 Å². The fourth-order valence-corrected chi connectivity index (χ4v) is 6.21. The highest BCUT2D eigenvalue weighted by atomic mass is 32.3. The standard InChI is InChI=1S/C39H69NO12S/c1-3-5-7-9-11-13-15-16-17-18-20-21-23-25-27-32(42)31(40-38(46)33(43)28-26-24-22-19-14-12-10-8-6-4-2)30-50-39-36(45)37(52-53(47,48)49)35(44)34(29-41)51-39/h10,12-13,15,18,20,25,27,31-37,39,41-45H,3-9,11,14,16-17,19,21-24,26,28-30H2,1-2H3,(H,40,46)(H,47,48,49)/b12-10-,15-13+,20-18+,27-25+. The molecule has 1 saturated heterocycles. The van der Waals surface area contributed by atoms with Gasteiger partial charge in [-0.1, -0.05) is 114 Å². The van der Waals surface area contributed by atoms with E-state index in [4.69, 9.17) is 14.0 Å². The van der Waals surface area contributed by atoms with Crippen LogP contribution in [0, 0.1) is 0 Å². The third kappa shape index (κ3) is 23.5. The molecular weight excluding hydrogens is 706 g/mol. The second-order valence-electron chi connectivity index (χ2n) is 13.6. The van der Waals surface area contributed by atoms with Gasteiger partial charge in [0.05, 0.1) is 25.4 Å². The molecule has 0 aromatic carbocycles. The molecule has 308 valence electrons. The van der Waals surface area contributed by atoms with Gasteiger partial charge in [-0.2, -0.15) is 8.42 Å². The highest BCUT2D eigenvalue weighted by molar-refractivity contribution is 7.80. The molecule has 8 atom stereocenters. The summed E-state index contributed by atoms with van der Waals surface area (Å²) in [4.78, 5) is 13.0. The molecule has 0 bridgehead atoms. The average Bonchev–Trinajstić information content (AvgIpc) is 3.12. The largest absolute Gasteiger partial charge is 0.397 e. The molecule has 0 spiro atoms. The van der Waals surface area contributed by atoms with Gasteiger partial charge >= 0.3 is 10.4 Å². The lowest BCUT2D eigenvalue weighted by Crippen LogP contribution is -2.61. The van der Waals surface area contributed by atoms with Crippen LogP contribution < -0.4 is 5.32 Å². The van der Waals surface area contributed by atoms with Crippen molar-refractivity contribution in [1.29, 1.82) is 0 Å². The highest BCUT2D eigenvalue weighted by Gasteiger charge is 2.48. The maximum Gasteiger partial charge on any atom is 0.397 e. The van der Waals surface area contributed by atoms with Crippen LogP contribution in [0.4, 0.5) is 0 Å². The van der Waals surface area contributed by atoms with Crippen molar-refractivity contribution in [3.05, 3.63) is 48.6 Å². The summed E-state index contributed by atoms with van der Waals surface area (Å²) < 4.78 is 47.2. The van der Waals surface area contributed by atoms with E-state index in [1.807, 2.05) is 0 Å².